The molecule has 2 rings (SSSR count). The van der Waals surface area contributed by atoms with Crippen LogP contribution in [0.5, 0.6) is 0 Å². The molecule has 0 bridgehead atoms. The highest BCUT2D eigenvalue weighted by molar-refractivity contribution is 5.97. The van der Waals surface area contributed by atoms with Gasteiger partial charge in [-0.25, -0.2) is 4.39 Å². The summed E-state index contributed by atoms with van der Waals surface area (Å²) in [6, 6.07) is 6.24. The molecule has 0 saturated carbocycles. The lowest BCUT2D eigenvalue weighted by Crippen LogP contribution is -2.16. The standard InChI is InChI=1S/C13H14FNO2/c1-15(2)7-6-11(16)12-8-9-4-3-5-10(14)13(9)17-12/h3-5,8H,6-7H2,1-2H3. The Hall–Kier alpha value is -1.68. The van der Waals surface area contributed by atoms with Crippen molar-refractivity contribution in [2.75, 3.05) is 20.6 Å². The van der Waals surface area contributed by atoms with Crippen LogP contribution in [-0.4, -0.2) is 31.3 Å². The first-order valence-electron chi connectivity index (χ1n) is 5.44. The first-order chi connectivity index (χ1) is 8.08. The number of benzene rings is 1. The number of furan rings is 1. The third-order valence-corrected chi connectivity index (χ3v) is 2.56. The lowest BCUT2D eigenvalue weighted by atomic mass is 10.2. The van der Waals surface area contributed by atoms with Gasteiger partial charge in [0.15, 0.2) is 22.9 Å². The van der Waals surface area contributed by atoms with E-state index in [4.69, 9.17) is 4.42 Å². The van der Waals surface area contributed by atoms with Crippen molar-refractivity contribution in [2.45, 2.75) is 6.42 Å². The minimum atomic E-state index is -0.436. The Kier molecular flexibility index (Phi) is 3.24. The molecule has 0 N–H and O–H groups in total. The summed E-state index contributed by atoms with van der Waals surface area (Å²) in [6.07, 6.45) is 0.369. The van der Waals surface area contributed by atoms with Crippen LogP contribution in [0.1, 0.15) is 17.0 Å². The number of hydrogen-bond donors (Lipinski definition) is 0. The van der Waals surface area contributed by atoms with E-state index in [2.05, 4.69) is 0 Å². The quantitative estimate of drug-likeness (QED) is 0.764. The van der Waals surface area contributed by atoms with Gasteiger partial charge in [-0.3, -0.25) is 4.79 Å². The molecule has 0 saturated heterocycles. The Balaban J connectivity index is 2.24. The number of halogens is 1. The Morgan fingerprint density at radius 3 is 2.82 bits per heavy atom. The normalized spacial score (nSPS) is 11.3. The average molecular weight is 235 g/mol. The van der Waals surface area contributed by atoms with Crippen molar-refractivity contribution in [1.29, 1.82) is 0 Å². The summed E-state index contributed by atoms with van der Waals surface area (Å²) >= 11 is 0. The summed E-state index contributed by atoms with van der Waals surface area (Å²) in [7, 11) is 3.79. The van der Waals surface area contributed by atoms with E-state index >= 15 is 0 Å². The molecule has 0 aliphatic heterocycles. The highest BCUT2D eigenvalue weighted by Crippen LogP contribution is 2.22. The average Bonchev–Trinajstić information content (AvgIpc) is 2.71. The lowest BCUT2D eigenvalue weighted by molar-refractivity contribution is 0.0947. The van der Waals surface area contributed by atoms with E-state index in [0.717, 1.165) is 0 Å². The Labute approximate surface area is 98.8 Å². The third kappa shape index (κ3) is 2.53. The maximum atomic E-state index is 13.4. The molecule has 4 heteroatoms. The number of Topliss-reactive ketones (excluding diaryl/α,β-unsaturated/α-hetero) is 1. The van der Waals surface area contributed by atoms with E-state index in [-0.39, 0.29) is 17.1 Å². The molecule has 2 aromatic rings. The van der Waals surface area contributed by atoms with Gasteiger partial charge in [-0.1, -0.05) is 12.1 Å². The molecule has 1 aromatic heterocycles. The maximum Gasteiger partial charge on any atom is 0.199 e. The molecule has 1 heterocycles. The number of carbonyl (C=O) groups excluding carboxylic acids is 1. The summed E-state index contributed by atoms with van der Waals surface area (Å²) < 4.78 is 18.6. The predicted octanol–water partition coefficient (Wildman–Crippen LogP) is 2.71. The van der Waals surface area contributed by atoms with E-state index in [0.29, 0.717) is 18.4 Å². The third-order valence-electron chi connectivity index (χ3n) is 2.56. The summed E-state index contributed by atoms with van der Waals surface area (Å²) in [6.45, 7) is 0.651. The van der Waals surface area contributed by atoms with Gasteiger partial charge in [-0.2, -0.15) is 0 Å². The van der Waals surface area contributed by atoms with Gasteiger partial charge in [-0.15, -0.1) is 0 Å². The smallest absolute Gasteiger partial charge is 0.199 e. The van der Waals surface area contributed by atoms with Crippen LogP contribution in [-0.2, 0) is 0 Å². The molecule has 17 heavy (non-hydrogen) atoms. The summed E-state index contributed by atoms with van der Waals surface area (Å²) in [5, 5.41) is 0.623. The van der Waals surface area contributed by atoms with Crippen molar-refractivity contribution in [3.63, 3.8) is 0 Å². The zero-order chi connectivity index (χ0) is 12.4. The SMILES string of the molecule is CN(C)CCC(=O)c1cc2cccc(F)c2o1. The van der Waals surface area contributed by atoms with Gasteiger partial charge in [-0.05, 0) is 26.2 Å². The molecule has 0 atom stereocenters. The minimum Gasteiger partial charge on any atom is -0.450 e. The van der Waals surface area contributed by atoms with E-state index in [9.17, 15) is 9.18 Å². The Morgan fingerprint density at radius 1 is 1.41 bits per heavy atom. The van der Waals surface area contributed by atoms with E-state index in [1.165, 1.54) is 6.07 Å². The summed E-state index contributed by atoms with van der Waals surface area (Å²) in [5.41, 5.74) is 0.153. The van der Waals surface area contributed by atoms with Crippen LogP contribution in [0, 0.1) is 5.82 Å². The van der Waals surface area contributed by atoms with Crippen molar-refractivity contribution >= 4 is 16.8 Å². The number of carbonyl (C=O) groups is 1. The zero-order valence-corrected chi connectivity index (χ0v) is 9.87. The van der Waals surface area contributed by atoms with Gasteiger partial charge in [0.05, 0.1) is 0 Å². The molecule has 0 radical (unpaired) electrons. The maximum absolute atomic E-state index is 13.4. The minimum absolute atomic E-state index is 0.102. The van der Waals surface area contributed by atoms with Crippen LogP contribution >= 0.6 is 0 Å². The number of nitrogens with zero attached hydrogens (tertiary/aromatic N) is 1. The molecule has 0 unspecified atom stereocenters. The van der Waals surface area contributed by atoms with Gasteiger partial charge in [0.1, 0.15) is 0 Å². The number of hydrogen-bond acceptors (Lipinski definition) is 3. The Bertz CT molecular complexity index is 545. The molecular formula is C13H14FNO2. The molecule has 3 nitrogen and oxygen atoms in total. The fourth-order valence-electron chi connectivity index (χ4n) is 1.61. The zero-order valence-electron chi connectivity index (χ0n) is 9.87. The second-order valence-corrected chi connectivity index (χ2v) is 4.25. The summed E-state index contributed by atoms with van der Waals surface area (Å²) in [5.74, 6) is -0.310. The van der Waals surface area contributed by atoms with Crippen LogP contribution in [0.15, 0.2) is 28.7 Å². The van der Waals surface area contributed by atoms with Crippen molar-refractivity contribution in [2.24, 2.45) is 0 Å². The van der Waals surface area contributed by atoms with E-state index < -0.39 is 5.82 Å². The lowest BCUT2D eigenvalue weighted by Gasteiger charge is -2.06. The monoisotopic (exact) mass is 235 g/mol. The first kappa shape index (κ1) is 11.8. The second-order valence-electron chi connectivity index (χ2n) is 4.25. The number of ketones is 1. The number of para-hydroxylation sites is 1. The van der Waals surface area contributed by atoms with E-state index in [1.807, 2.05) is 19.0 Å². The van der Waals surface area contributed by atoms with Gasteiger partial charge < -0.3 is 9.32 Å². The van der Waals surface area contributed by atoms with Crippen LogP contribution in [0.2, 0.25) is 0 Å². The van der Waals surface area contributed by atoms with Crippen LogP contribution in [0.3, 0.4) is 0 Å². The van der Waals surface area contributed by atoms with Crippen molar-refractivity contribution < 1.29 is 13.6 Å². The van der Waals surface area contributed by atoms with Gasteiger partial charge >= 0.3 is 0 Å². The van der Waals surface area contributed by atoms with Crippen LogP contribution in [0.4, 0.5) is 4.39 Å². The van der Waals surface area contributed by atoms with Crippen LogP contribution in [0.25, 0.3) is 11.0 Å². The number of fused-ring (bicyclic) bond motifs is 1. The van der Waals surface area contributed by atoms with Gasteiger partial charge in [0, 0.05) is 18.4 Å². The second kappa shape index (κ2) is 4.67. The molecule has 0 spiro atoms. The van der Waals surface area contributed by atoms with Gasteiger partial charge in [0.2, 0.25) is 0 Å². The Morgan fingerprint density at radius 2 is 2.18 bits per heavy atom. The fourth-order valence-corrected chi connectivity index (χ4v) is 1.61. The highest BCUT2D eigenvalue weighted by atomic mass is 19.1. The molecule has 90 valence electrons. The van der Waals surface area contributed by atoms with Crippen LogP contribution < -0.4 is 0 Å². The van der Waals surface area contributed by atoms with Crippen molar-refractivity contribution in [3.05, 3.63) is 35.8 Å². The molecule has 0 aliphatic rings. The number of rotatable bonds is 4. The van der Waals surface area contributed by atoms with E-state index in [1.54, 1.807) is 18.2 Å². The highest BCUT2D eigenvalue weighted by Gasteiger charge is 2.14. The first-order valence-corrected chi connectivity index (χ1v) is 5.44. The molecule has 1 aromatic carbocycles. The van der Waals surface area contributed by atoms with Crippen molar-refractivity contribution in [3.8, 4) is 0 Å². The molecular weight excluding hydrogens is 221 g/mol. The molecule has 0 amide bonds. The largest absolute Gasteiger partial charge is 0.450 e. The fraction of sp³-hybridized carbons (Fsp3) is 0.308. The van der Waals surface area contributed by atoms with Crippen molar-refractivity contribution in [1.82, 2.24) is 4.90 Å². The topological polar surface area (TPSA) is 33.5 Å². The predicted molar refractivity (Wildman–Crippen MR) is 63.7 cm³/mol. The van der Waals surface area contributed by atoms with Gasteiger partial charge in [0.25, 0.3) is 0 Å². The molecule has 0 fully saturated rings. The molecule has 0 aliphatic carbocycles. The summed E-state index contributed by atoms with van der Waals surface area (Å²) in [4.78, 5) is 13.7.